The average Bonchev–Trinajstić information content (AvgIpc) is 2.44. The second-order valence-corrected chi connectivity index (χ2v) is 4.24. The van der Waals surface area contributed by atoms with Crippen LogP contribution in [0, 0.1) is 6.92 Å². The number of amides is 2. The van der Waals surface area contributed by atoms with E-state index < -0.39 is 18.8 Å². The van der Waals surface area contributed by atoms with E-state index in [9.17, 15) is 18.0 Å². The van der Waals surface area contributed by atoms with E-state index in [1.54, 1.807) is 12.2 Å². The summed E-state index contributed by atoms with van der Waals surface area (Å²) < 4.78 is 51.7. The molecule has 0 aliphatic heterocycles. The molecule has 0 radical (unpaired) electrons. The Hall–Kier alpha value is -2.32. The van der Waals surface area contributed by atoms with Gasteiger partial charge in [0.05, 0.1) is 27.0 Å². The van der Waals surface area contributed by atoms with Crippen LogP contribution in [0.4, 0.5) is 23.7 Å². The Morgan fingerprint density at radius 3 is 2.18 bits per heavy atom. The van der Waals surface area contributed by atoms with Gasteiger partial charge in [0.15, 0.2) is 11.5 Å². The molecular formula is C13H17F3N2O4. The topological polar surface area (TPSA) is 68.8 Å². The van der Waals surface area contributed by atoms with Crippen molar-refractivity contribution in [2.75, 3.05) is 33.2 Å². The summed E-state index contributed by atoms with van der Waals surface area (Å²) in [5.41, 5.74) is 0.702. The summed E-state index contributed by atoms with van der Waals surface area (Å²) in [7, 11) is 4.21. The van der Waals surface area contributed by atoms with Gasteiger partial charge in [-0.15, -0.1) is 0 Å². The molecule has 2 N–H and O–H groups in total. The number of ether oxygens (including phenoxy) is 3. The summed E-state index contributed by atoms with van der Waals surface area (Å²) in [4.78, 5) is 11.5. The smallest absolute Gasteiger partial charge is 0.405 e. The quantitative estimate of drug-likeness (QED) is 0.874. The minimum atomic E-state index is -4.49. The Bertz CT molecular complexity index is 547. The van der Waals surface area contributed by atoms with Gasteiger partial charge in [0.25, 0.3) is 0 Å². The average molecular weight is 322 g/mol. The number of carbonyl (C=O) groups is 1. The maximum absolute atomic E-state index is 12.1. The van der Waals surface area contributed by atoms with Crippen molar-refractivity contribution in [3.63, 3.8) is 0 Å². The fourth-order valence-electron chi connectivity index (χ4n) is 1.86. The lowest BCUT2D eigenvalue weighted by atomic mass is 10.1. The van der Waals surface area contributed by atoms with Crippen molar-refractivity contribution < 1.29 is 32.2 Å². The summed E-state index contributed by atoms with van der Waals surface area (Å²) in [6.07, 6.45) is -4.49. The Morgan fingerprint density at radius 1 is 1.14 bits per heavy atom. The van der Waals surface area contributed by atoms with Crippen molar-refractivity contribution in [2.24, 2.45) is 0 Å². The van der Waals surface area contributed by atoms with Crippen molar-refractivity contribution >= 4 is 11.7 Å². The van der Waals surface area contributed by atoms with Crippen molar-refractivity contribution in [1.29, 1.82) is 0 Å². The number of benzene rings is 1. The molecule has 0 unspecified atom stereocenters. The third-order valence-corrected chi connectivity index (χ3v) is 2.75. The van der Waals surface area contributed by atoms with E-state index >= 15 is 0 Å². The minimum Gasteiger partial charge on any atom is -0.494 e. The van der Waals surface area contributed by atoms with Gasteiger partial charge in [0, 0.05) is 11.6 Å². The highest BCUT2D eigenvalue weighted by Crippen LogP contribution is 2.42. The van der Waals surface area contributed by atoms with Crippen molar-refractivity contribution in [3.05, 3.63) is 11.6 Å². The van der Waals surface area contributed by atoms with Gasteiger partial charge >= 0.3 is 12.2 Å². The molecule has 124 valence electrons. The van der Waals surface area contributed by atoms with E-state index in [2.05, 4.69) is 5.32 Å². The molecule has 1 aromatic carbocycles. The van der Waals surface area contributed by atoms with Gasteiger partial charge in [0.2, 0.25) is 0 Å². The highest BCUT2D eigenvalue weighted by atomic mass is 19.4. The molecule has 1 rings (SSSR count). The molecule has 0 heterocycles. The number of halogens is 3. The molecule has 0 aliphatic carbocycles. The molecule has 0 bridgehead atoms. The van der Waals surface area contributed by atoms with E-state index in [0.717, 1.165) is 0 Å². The third-order valence-electron chi connectivity index (χ3n) is 2.75. The first-order valence-corrected chi connectivity index (χ1v) is 6.14. The van der Waals surface area contributed by atoms with Crippen molar-refractivity contribution in [2.45, 2.75) is 13.1 Å². The molecule has 22 heavy (non-hydrogen) atoms. The predicted molar refractivity (Wildman–Crippen MR) is 73.9 cm³/mol. The number of alkyl halides is 3. The second-order valence-electron chi connectivity index (χ2n) is 4.24. The highest BCUT2D eigenvalue weighted by Gasteiger charge is 2.28. The zero-order valence-electron chi connectivity index (χ0n) is 12.6. The van der Waals surface area contributed by atoms with E-state index in [-0.39, 0.29) is 11.4 Å². The van der Waals surface area contributed by atoms with Gasteiger partial charge < -0.3 is 24.8 Å². The first kappa shape index (κ1) is 17.7. The van der Waals surface area contributed by atoms with Gasteiger partial charge in [-0.25, -0.2) is 4.79 Å². The van der Waals surface area contributed by atoms with Crippen LogP contribution in [0.3, 0.4) is 0 Å². The van der Waals surface area contributed by atoms with Gasteiger partial charge in [-0.3, -0.25) is 0 Å². The fraction of sp³-hybridized carbons (Fsp3) is 0.462. The Kier molecular flexibility index (Phi) is 5.72. The Morgan fingerprint density at radius 2 is 1.73 bits per heavy atom. The van der Waals surface area contributed by atoms with Crippen LogP contribution in [0.15, 0.2) is 6.07 Å². The summed E-state index contributed by atoms with van der Waals surface area (Å²) in [6, 6.07) is 0.389. The molecule has 0 spiro atoms. The van der Waals surface area contributed by atoms with Gasteiger partial charge in [-0.1, -0.05) is 0 Å². The number of carbonyl (C=O) groups excluding carboxylic acids is 1. The number of nitrogens with one attached hydrogen (secondary N) is 2. The van der Waals surface area contributed by atoms with E-state index in [1.165, 1.54) is 27.4 Å². The van der Waals surface area contributed by atoms with Crippen LogP contribution in [-0.2, 0) is 0 Å². The lowest BCUT2D eigenvalue weighted by Crippen LogP contribution is -2.36. The summed E-state index contributed by atoms with van der Waals surface area (Å²) >= 11 is 0. The number of hydrogen-bond acceptors (Lipinski definition) is 4. The fourth-order valence-corrected chi connectivity index (χ4v) is 1.86. The van der Waals surface area contributed by atoms with Gasteiger partial charge in [0.1, 0.15) is 12.3 Å². The number of rotatable bonds is 5. The lowest BCUT2D eigenvalue weighted by Gasteiger charge is -2.18. The molecule has 0 aliphatic rings. The number of anilines is 1. The monoisotopic (exact) mass is 322 g/mol. The highest BCUT2D eigenvalue weighted by molar-refractivity contribution is 5.92. The molecule has 0 fully saturated rings. The van der Waals surface area contributed by atoms with Crippen LogP contribution < -0.4 is 24.8 Å². The maximum Gasteiger partial charge on any atom is 0.405 e. The van der Waals surface area contributed by atoms with E-state index in [0.29, 0.717) is 17.1 Å². The molecule has 0 saturated heterocycles. The largest absolute Gasteiger partial charge is 0.494 e. The number of urea groups is 1. The summed E-state index contributed by atoms with van der Waals surface area (Å²) in [5, 5.41) is 4.00. The van der Waals surface area contributed by atoms with E-state index in [1.807, 2.05) is 0 Å². The maximum atomic E-state index is 12.1. The summed E-state index contributed by atoms with van der Waals surface area (Å²) in [6.45, 7) is 0.229. The van der Waals surface area contributed by atoms with Crippen LogP contribution in [0.1, 0.15) is 5.56 Å². The molecule has 1 aromatic rings. The van der Waals surface area contributed by atoms with Crippen molar-refractivity contribution in [3.8, 4) is 17.2 Å². The summed E-state index contributed by atoms with van der Waals surface area (Å²) in [5.74, 6) is 0.979. The van der Waals surface area contributed by atoms with E-state index in [4.69, 9.17) is 14.2 Å². The standard InChI is InChI=1S/C13H17F3N2O4/c1-7-10(21-3)8(5-9(20-2)11(7)22-4)18-12(19)17-6-13(14,15)16/h5H,6H2,1-4H3,(H2,17,18,19). The van der Waals surface area contributed by atoms with Gasteiger partial charge in [-0.05, 0) is 6.92 Å². The lowest BCUT2D eigenvalue weighted by molar-refractivity contribution is -0.122. The molecule has 0 aromatic heterocycles. The first-order chi connectivity index (χ1) is 10.2. The van der Waals surface area contributed by atoms with Crippen LogP contribution in [0.5, 0.6) is 17.2 Å². The van der Waals surface area contributed by atoms with Crippen LogP contribution in [-0.4, -0.2) is 40.1 Å². The minimum absolute atomic E-state index is 0.164. The third kappa shape index (κ3) is 4.34. The molecule has 2 amide bonds. The van der Waals surface area contributed by atoms with Crippen molar-refractivity contribution in [1.82, 2.24) is 5.32 Å². The second kappa shape index (κ2) is 7.10. The van der Waals surface area contributed by atoms with Gasteiger partial charge in [-0.2, -0.15) is 13.2 Å². The first-order valence-electron chi connectivity index (χ1n) is 6.14. The normalized spacial score (nSPS) is 10.9. The Labute approximate surface area is 125 Å². The molecule has 9 heteroatoms. The zero-order valence-corrected chi connectivity index (χ0v) is 12.6. The Balaban J connectivity index is 3.03. The van der Waals surface area contributed by atoms with Crippen LogP contribution in [0.25, 0.3) is 0 Å². The van der Waals surface area contributed by atoms with Crippen LogP contribution in [0.2, 0.25) is 0 Å². The predicted octanol–water partition coefficient (Wildman–Crippen LogP) is 2.70. The SMILES string of the molecule is COc1cc(NC(=O)NCC(F)(F)F)c(OC)c(C)c1OC. The number of hydrogen-bond donors (Lipinski definition) is 2. The molecule has 6 nitrogen and oxygen atoms in total. The zero-order chi connectivity index (χ0) is 16.9. The number of methoxy groups -OCH3 is 3. The molecule has 0 saturated carbocycles. The van der Waals surface area contributed by atoms with Crippen LogP contribution >= 0.6 is 0 Å². The molecule has 0 atom stereocenters. The molecular weight excluding hydrogens is 305 g/mol.